The molecule has 0 atom stereocenters. The van der Waals surface area contributed by atoms with Gasteiger partial charge in [-0.05, 0) is 24.6 Å². The van der Waals surface area contributed by atoms with E-state index in [0.29, 0.717) is 11.3 Å². The zero-order valence-corrected chi connectivity index (χ0v) is 13.9. The molecule has 1 N–H and O–H groups in total. The summed E-state index contributed by atoms with van der Waals surface area (Å²) in [5.74, 6) is -0.324. The van der Waals surface area contributed by atoms with Crippen molar-refractivity contribution in [3.8, 4) is 11.6 Å². The van der Waals surface area contributed by atoms with Crippen molar-refractivity contribution in [2.45, 2.75) is 6.92 Å². The lowest BCUT2D eigenvalue weighted by molar-refractivity contribution is -0.384. The Morgan fingerprint density at radius 1 is 1.35 bits per heavy atom. The zero-order valence-electron chi connectivity index (χ0n) is 13.9. The summed E-state index contributed by atoms with van der Waals surface area (Å²) in [6.45, 7) is 1.88. The Hall–Kier alpha value is -3.82. The summed E-state index contributed by atoms with van der Waals surface area (Å²) in [6, 6.07) is 7.62. The number of aromatic nitrogens is 4. The van der Waals surface area contributed by atoms with Crippen LogP contribution >= 0.6 is 0 Å². The number of nitro benzene ring substituents is 1. The SMILES string of the molecule is Cc1cc(-c2nnc(NC(=O)C=Cc3cccc([N+](=O)[O-])c3)o2)nn1C. The number of carbonyl (C=O) groups excluding carboxylic acids is 1. The highest BCUT2D eigenvalue weighted by molar-refractivity contribution is 6.00. The Labute approximate surface area is 147 Å². The van der Waals surface area contributed by atoms with Gasteiger partial charge in [0.2, 0.25) is 0 Å². The summed E-state index contributed by atoms with van der Waals surface area (Å²) < 4.78 is 7.02. The first-order valence-electron chi connectivity index (χ1n) is 7.50. The second-order valence-electron chi connectivity index (χ2n) is 5.38. The number of non-ortho nitro benzene ring substituents is 1. The van der Waals surface area contributed by atoms with Crippen LogP contribution in [0.3, 0.4) is 0 Å². The topological polar surface area (TPSA) is 129 Å². The minimum absolute atomic E-state index is 0.0558. The van der Waals surface area contributed by atoms with Gasteiger partial charge in [0.15, 0.2) is 0 Å². The van der Waals surface area contributed by atoms with Gasteiger partial charge >= 0.3 is 6.01 Å². The molecule has 3 rings (SSSR count). The standard InChI is InChI=1S/C16H14N6O4/c1-10-8-13(20-21(10)2)15-18-19-16(26-15)17-14(23)7-6-11-4-3-5-12(9-11)22(24)25/h3-9H,1-2H3,(H,17,19,23). The van der Waals surface area contributed by atoms with E-state index in [2.05, 4.69) is 20.6 Å². The highest BCUT2D eigenvalue weighted by atomic mass is 16.6. The Bertz CT molecular complexity index is 984. The van der Waals surface area contributed by atoms with E-state index in [4.69, 9.17) is 4.42 Å². The number of amides is 1. The molecular formula is C16H14N6O4. The molecule has 26 heavy (non-hydrogen) atoms. The van der Waals surface area contributed by atoms with Crippen molar-refractivity contribution < 1.29 is 14.1 Å². The Kier molecular flexibility index (Phi) is 4.56. The summed E-state index contributed by atoms with van der Waals surface area (Å²) in [6.07, 6.45) is 2.66. The molecule has 0 aliphatic rings. The first kappa shape index (κ1) is 17.0. The minimum Gasteiger partial charge on any atom is -0.401 e. The maximum atomic E-state index is 11.9. The quantitative estimate of drug-likeness (QED) is 0.423. The van der Waals surface area contributed by atoms with E-state index in [1.54, 1.807) is 23.9 Å². The second-order valence-corrected chi connectivity index (χ2v) is 5.38. The van der Waals surface area contributed by atoms with Crippen molar-refractivity contribution in [2.24, 2.45) is 7.05 Å². The normalized spacial score (nSPS) is 11.0. The lowest BCUT2D eigenvalue weighted by atomic mass is 10.2. The number of anilines is 1. The molecule has 132 valence electrons. The monoisotopic (exact) mass is 354 g/mol. The number of nitro groups is 1. The molecule has 0 saturated carbocycles. The second kappa shape index (κ2) is 6.97. The van der Waals surface area contributed by atoms with E-state index in [1.807, 2.05) is 6.92 Å². The summed E-state index contributed by atoms with van der Waals surface area (Å²) >= 11 is 0. The molecule has 0 spiro atoms. The van der Waals surface area contributed by atoms with E-state index in [0.717, 1.165) is 5.69 Å². The summed E-state index contributed by atoms with van der Waals surface area (Å²) in [5, 5.41) is 25.0. The fourth-order valence-corrected chi connectivity index (χ4v) is 2.10. The van der Waals surface area contributed by atoms with E-state index in [-0.39, 0.29) is 17.6 Å². The van der Waals surface area contributed by atoms with Crippen LogP contribution in [0.2, 0.25) is 0 Å². The molecule has 2 heterocycles. The third-order valence-corrected chi connectivity index (χ3v) is 3.50. The molecule has 0 saturated heterocycles. The first-order chi connectivity index (χ1) is 12.4. The van der Waals surface area contributed by atoms with Gasteiger partial charge in [-0.15, -0.1) is 5.10 Å². The Morgan fingerprint density at radius 3 is 2.85 bits per heavy atom. The van der Waals surface area contributed by atoms with Crippen molar-refractivity contribution in [1.82, 2.24) is 20.0 Å². The first-order valence-corrected chi connectivity index (χ1v) is 7.50. The zero-order chi connectivity index (χ0) is 18.7. The Morgan fingerprint density at radius 2 is 2.15 bits per heavy atom. The third kappa shape index (κ3) is 3.80. The van der Waals surface area contributed by atoms with Gasteiger partial charge in [-0.25, -0.2) is 0 Å². The summed E-state index contributed by atoms with van der Waals surface area (Å²) in [4.78, 5) is 22.2. The van der Waals surface area contributed by atoms with E-state index in [9.17, 15) is 14.9 Å². The average Bonchev–Trinajstić information content (AvgIpc) is 3.20. The van der Waals surface area contributed by atoms with Crippen LogP contribution < -0.4 is 5.32 Å². The fraction of sp³-hybridized carbons (Fsp3) is 0.125. The number of rotatable bonds is 5. The van der Waals surface area contributed by atoms with Crippen molar-refractivity contribution in [3.05, 3.63) is 57.8 Å². The Balaban J connectivity index is 1.67. The van der Waals surface area contributed by atoms with Gasteiger partial charge in [-0.3, -0.25) is 24.9 Å². The van der Waals surface area contributed by atoms with Crippen LogP contribution in [-0.2, 0) is 11.8 Å². The van der Waals surface area contributed by atoms with Crippen LogP contribution in [0.4, 0.5) is 11.7 Å². The van der Waals surface area contributed by atoms with Gasteiger partial charge in [0, 0.05) is 31.0 Å². The average molecular weight is 354 g/mol. The fourth-order valence-electron chi connectivity index (χ4n) is 2.10. The molecule has 3 aromatic rings. The number of nitrogens with one attached hydrogen (secondary N) is 1. The van der Waals surface area contributed by atoms with Crippen LogP contribution in [0, 0.1) is 17.0 Å². The number of hydrogen-bond acceptors (Lipinski definition) is 7. The molecule has 1 amide bonds. The maximum Gasteiger partial charge on any atom is 0.322 e. The van der Waals surface area contributed by atoms with E-state index in [1.165, 1.54) is 30.4 Å². The third-order valence-electron chi connectivity index (χ3n) is 3.50. The lowest BCUT2D eigenvalue weighted by Gasteiger charge is -1.95. The van der Waals surface area contributed by atoms with Crippen LogP contribution in [0.1, 0.15) is 11.3 Å². The van der Waals surface area contributed by atoms with Gasteiger partial charge in [-0.2, -0.15) is 5.10 Å². The molecule has 0 radical (unpaired) electrons. The summed E-state index contributed by atoms with van der Waals surface area (Å²) in [5.41, 5.74) is 1.89. The van der Waals surface area contributed by atoms with Crippen LogP contribution in [-0.4, -0.2) is 30.8 Å². The van der Waals surface area contributed by atoms with Crippen molar-refractivity contribution in [1.29, 1.82) is 0 Å². The van der Waals surface area contributed by atoms with Crippen molar-refractivity contribution in [3.63, 3.8) is 0 Å². The molecule has 10 heteroatoms. The molecular weight excluding hydrogens is 340 g/mol. The van der Waals surface area contributed by atoms with E-state index >= 15 is 0 Å². The largest absolute Gasteiger partial charge is 0.401 e. The molecule has 0 bridgehead atoms. The molecule has 2 aromatic heterocycles. The number of benzene rings is 1. The van der Waals surface area contributed by atoms with Crippen LogP contribution in [0.15, 0.2) is 40.8 Å². The van der Waals surface area contributed by atoms with Crippen molar-refractivity contribution in [2.75, 3.05) is 5.32 Å². The smallest absolute Gasteiger partial charge is 0.322 e. The van der Waals surface area contributed by atoms with Gasteiger partial charge in [0.05, 0.1) is 4.92 Å². The minimum atomic E-state index is -0.510. The van der Waals surface area contributed by atoms with Gasteiger partial charge in [0.1, 0.15) is 5.69 Å². The summed E-state index contributed by atoms with van der Waals surface area (Å²) in [7, 11) is 1.79. The van der Waals surface area contributed by atoms with Crippen LogP contribution in [0.5, 0.6) is 0 Å². The van der Waals surface area contributed by atoms with Crippen LogP contribution in [0.25, 0.3) is 17.7 Å². The number of nitrogens with zero attached hydrogens (tertiary/aromatic N) is 5. The van der Waals surface area contributed by atoms with Gasteiger partial charge in [0.25, 0.3) is 17.5 Å². The molecule has 0 unspecified atom stereocenters. The lowest BCUT2D eigenvalue weighted by Crippen LogP contribution is -2.07. The molecule has 0 aliphatic heterocycles. The maximum absolute atomic E-state index is 11.9. The molecule has 10 nitrogen and oxygen atoms in total. The highest BCUT2D eigenvalue weighted by Crippen LogP contribution is 2.19. The predicted octanol–water partition coefficient (Wildman–Crippen LogP) is 2.34. The molecule has 1 aromatic carbocycles. The van der Waals surface area contributed by atoms with Crippen molar-refractivity contribution >= 4 is 23.7 Å². The van der Waals surface area contributed by atoms with Gasteiger partial charge < -0.3 is 4.42 Å². The number of aryl methyl sites for hydroxylation is 2. The molecule has 0 aliphatic carbocycles. The highest BCUT2D eigenvalue weighted by Gasteiger charge is 2.13. The van der Waals surface area contributed by atoms with Gasteiger partial charge in [-0.1, -0.05) is 17.2 Å². The molecule has 0 fully saturated rings. The predicted molar refractivity (Wildman–Crippen MR) is 92.0 cm³/mol. The number of carbonyl (C=O) groups is 1. The number of hydrogen-bond donors (Lipinski definition) is 1. The van der Waals surface area contributed by atoms with E-state index < -0.39 is 10.8 Å².